The van der Waals surface area contributed by atoms with Gasteiger partial charge in [-0.05, 0) is 30.5 Å². The molecular weight excluding hydrogens is 366 g/mol. The van der Waals surface area contributed by atoms with Crippen molar-refractivity contribution in [2.75, 3.05) is 0 Å². The summed E-state index contributed by atoms with van der Waals surface area (Å²) in [6.07, 6.45) is 0.0524. The van der Waals surface area contributed by atoms with Gasteiger partial charge in [0.1, 0.15) is 0 Å². The van der Waals surface area contributed by atoms with E-state index >= 15 is 0 Å². The summed E-state index contributed by atoms with van der Waals surface area (Å²) in [5.41, 5.74) is 1.72. The standard InChI is InChI=1S/C20H19NO5S/c1-13-7-9-16(10-8-13)27(25,26)21-20(24)19-17(22)11-15(12-18(19)23)14-5-3-2-4-6-14/h2-10,15,19H,11-12H2,1H3,(H,21,24). The molecular formula is C20H19NO5S. The summed E-state index contributed by atoms with van der Waals surface area (Å²) >= 11 is 0. The van der Waals surface area contributed by atoms with E-state index in [4.69, 9.17) is 0 Å². The van der Waals surface area contributed by atoms with E-state index in [1.807, 2.05) is 35.1 Å². The highest BCUT2D eigenvalue weighted by atomic mass is 32.2. The molecule has 7 heteroatoms. The Morgan fingerprint density at radius 1 is 0.926 bits per heavy atom. The predicted octanol–water partition coefficient (Wildman–Crippen LogP) is 2.13. The Morgan fingerprint density at radius 2 is 1.48 bits per heavy atom. The molecule has 1 N–H and O–H groups in total. The molecule has 1 aliphatic carbocycles. The van der Waals surface area contributed by atoms with Gasteiger partial charge in [0, 0.05) is 12.8 Å². The van der Waals surface area contributed by atoms with Crippen molar-refractivity contribution in [2.45, 2.75) is 30.6 Å². The number of ketones is 2. The lowest BCUT2D eigenvalue weighted by molar-refractivity contribution is -0.142. The average Bonchev–Trinajstić information content (AvgIpc) is 2.61. The fraction of sp³-hybridized carbons (Fsp3) is 0.250. The molecule has 0 saturated heterocycles. The second-order valence-electron chi connectivity index (χ2n) is 6.66. The van der Waals surface area contributed by atoms with E-state index in [1.54, 1.807) is 19.1 Å². The van der Waals surface area contributed by atoms with Crippen LogP contribution in [0, 0.1) is 12.8 Å². The number of hydrogen-bond donors (Lipinski definition) is 1. The van der Waals surface area contributed by atoms with Crippen LogP contribution in [0.4, 0.5) is 0 Å². The van der Waals surface area contributed by atoms with Crippen molar-refractivity contribution in [1.29, 1.82) is 0 Å². The van der Waals surface area contributed by atoms with Gasteiger partial charge in [-0.1, -0.05) is 48.0 Å². The Hall–Kier alpha value is -2.80. The van der Waals surface area contributed by atoms with Crippen molar-refractivity contribution >= 4 is 27.5 Å². The largest absolute Gasteiger partial charge is 0.298 e. The molecule has 0 spiro atoms. The van der Waals surface area contributed by atoms with Crippen molar-refractivity contribution in [3.63, 3.8) is 0 Å². The Balaban J connectivity index is 1.74. The van der Waals surface area contributed by atoms with E-state index in [-0.39, 0.29) is 23.7 Å². The van der Waals surface area contributed by atoms with Gasteiger partial charge in [0.05, 0.1) is 4.90 Å². The van der Waals surface area contributed by atoms with Crippen LogP contribution in [0.3, 0.4) is 0 Å². The molecule has 1 saturated carbocycles. The van der Waals surface area contributed by atoms with Crippen molar-refractivity contribution in [2.24, 2.45) is 5.92 Å². The normalized spacial score (nSPS) is 20.3. The number of rotatable bonds is 4. The minimum atomic E-state index is -4.14. The maximum Gasteiger partial charge on any atom is 0.264 e. The number of carbonyl (C=O) groups excluding carboxylic acids is 3. The Labute approximate surface area is 157 Å². The summed E-state index contributed by atoms with van der Waals surface area (Å²) in [4.78, 5) is 37.1. The first-order valence-corrected chi connectivity index (χ1v) is 10.00. The highest BCUT2D eigenvalue weighted by molar-refractivity contribution is 7.90. The SMILES string of the molecule is Cc1ccc(S(=O)(=O)NC(=O)C2C(=O)CC(c3ccccc3)CC2=O)cc1. The molecule has 1 aliphatic rings. The van der Waals surface area contributed by atoms with E-state index in [0.717, 1.165) is 11.1 Å². The van der Waals surface area contributed by atoms with Crippen LogP contribution >= 0.6 is 0 Å². The summed E-state index contributed by atoms with van der Waals surface area (Å²) in [5.74, 6) is -4.07. The highest BCUT2D eigenvalue weighted by Gasteiger charge is 2.41. The number of nitrogens with one attached hydrogen (secondary N) is 1. The van der Waals surface area contributed by atoms with Crippen molar-refractivity contribution < 1.29 is 22.8 Å². The van der Waals surface area contributed by atoms with Gasteiger partial charge >= 0.3 is 0 Å². The molecule has 0 unspecified atom stereocenters. The zero-order valence-corrected chi connectivity index (χ0v) is 15.5. The van der Waals surface area contributed by atoms with Gasteiger partial charge in [-0.15, -0.1) is 0 Å². The third-order valence-corrected chi connectivity index (χ3v) is 6.00. The van der Waals surface area contributed by atoms with Crippen LogP contribution in [0.15, 0.2) is 59.5 Å². The number of amides is 1. The molecule has 27 heavy (non-hydrogen) atoms. The van der Waals surface area contributed by atoms with E-state index in [0.29, 0.717) is 0 Å². The molecule has 0 atom stereocenters. The quantitative estimate of drug-likeness (QED) is 0.813. The van der Waals surface area contributed by atoms with E-state index in [9.17, 15) is 22.8 Å². The lowest BCUT2D eigenvalue weighted by Crippen LogP contribution is -2.45. The first-order chi connectivity index (χ1) is 12.8. The molecule has 0 bridgehead atoms. The molecule has 0 heterocycles. The van der Waals surface area contributed by atoms with Gasteiger partial charge < -0.3 is 0 Å². The lowest BCUT2D eigenvalue weighted by atomic mass is 9.77. The summed E-state index contributed by atoms with van der Waals surface area (Å²) in [6, 6.07) is 15.0. The third kappa shape index (κ3) is 4.14. The van der Waals surface area contributed by atoms with Crippen LogP contribution in [-0.2, 0) is 24.4 Å². The molecule has 1 amide bonds. The van der Waals surface area contributed by atoms with Crippen LogP contribution in [0.1, 0.15) is 29.9 Å². The summed E-state index contributed by atoms with van der Waals surface area (Å²) in [5, 5.41) is 0. The van der Waals surface area contributed by atoms with Crippen LogP contribution in [0.25, 0.3) is 0 Å². The molecule has 2 aromatic rings. The minimum absolute atomic E-state index is 0.0262. The van der Waals surface area contributed by atoms with E-state index in [1.165, 1.54) is 12.1 Å². The zero-order chi connectivity index (χ0) is 19.6. The van der Waals surface area contributed by atoms with E-state index < -0.39 is 33.4 Å². The maximum atomic E-state index is 12.4. The number of hydrogen-bond acceptors (Lipinski definition) is 5. The lowest BCUT2D eigenvalue weighted by Gasteiger charge is -2.25. The molecule has 0 aliphatic heterocycles. The summed E-state index contributed by atoms with van der Waals surface area (Å²) < 4.78 is 26.6. The topological polar surface area (TPSA) is 97.4 Å². The van der Waals surface area contributed by atoms with Gasteiger partial charge in [-0.2, -0.15) is 0 Å². The van der Waals surface area contributed by atoms with Crippen molar-refractivity contribution in [3.8, 4) is 0 Å². The van der Waals surface area contributed by atoms with Gasteiger partial charge in [-0.25, -0.2) is 13.1 Å². The third-order valence-electron chi connectivity index (χ3n) is 4.64. The number of sulfonamides is 1. The Kier molecular flexibility index (Phi) is 5.23. The number of aryl methyl sites for hydroxylation is 1. The molecule has 0 aromatic heterocycles. The highest BCUT2D eigenvalue weighted by Crippen LogP contribution is 2.32. The average molecular weight is 385 g/mol. The number of carbonyl (C=O) groups is 3. The van der Waals surface area contributed by atoms with Crippen LogP contribution in [0.5, 0.6) is 0 Å². The van der Waals surface area contributed by atoms with E-state index in [2.05, 4.69) is 0 Å². The van der Waals surface area contributed by atoms with Crippen LogP contribution < -0.4 is 4.72 Å². The maximum absolute atomic E-state index is 12.4. The molecule has 0 radical (unpaired) electrons. The minimum Gasteiger partial charge on any atom is -0.298 e. The van der Waals surface area contributed by atoms with Crippen LogP contribution in [-0.4, -0.2) is 25.9 Å². The van der Waals surface area contributed by atoms with Gasteiger partial charge in [0.2, 0.25) is 0 Å². The van der Waals surface area contributed by atoms with Gasteiger partial charge in [0.15, 0.2) is 17.5 Å². The first kappa shape index (κ1) is 19.0. The van der Waals surface area contributed by atoms with Crippen molar-refractivity contribution in [3.05, 3.63) is 65.7 Å². The molecule has 3 rings (SSSR count). The fourth-order valence-corrected chi connectivity index (χ4v) is 4.19. The molecule has 140 valence electrons. The summed E-state index contributed by atoms with van der Waals surface area (Å²) in [6.45, 7) is 1.80. The smallest absolute Gasteiger partial charge is 0.264 e. The van der Waals surface area contributed by atoms with Crippen molar-refractivity contribution in [1.82, 2.24) is 4.72 Å². The zero-order valence-electron chi connectivity index (χ0n) is 14.7. The fourth-order valence-electron chi connectivity index (χ4n) is 3.19. The number of benzene rings is 2. The molecule has 2 aromatic carbocycles. The first-order valence-electron chi connectivity index (χ1n) is 8.51. The molecule has 6 nitrogen and oxygen atoms in total. The molecule has 1 fully saturated rings. The Morgan fingerprint density at radius 3 is 2.04 bits per heavy atom. The second kappa shape index (κ2) is 7.44. The number of Topliss-reactive ketones (excluding diaryl/α,β-unsaturated/α-hetero) is 2. The van der Waals surface area contributed by atoms with Crippen LogP contribution in [0.2, 0.25) is 0 Å². The predicted molar refractivity (Wildman–Crippen MR) is 98.4 cm³/mol. The summed E-state index contributed by atoms with van der Waals surface area (Å²) in [7, 11) is -4.14. The second-order valence-corrected chi connectivity index (χ2v) is 8.35. The van der Waals surface area contributed by atoms with Gasteiger partial charge in [0.25, 0.3) is 15.9 Å². The van der Waals surface area contributed by atoms with Gasteiger partial charge in [-0.3, -0.25) is 14.4 Å². The Bertz CT molecular complexity index is 963. The monoisotopic (exact) mass is 385 g/mol.